The van der Waals surface area contributed by atoms with E-state index < -0.39 is 6.09 Å². The number of likely N-dealkylation sites (tertiary alicyclic amines) is 1. The fraction of sp³-hybridized carbons (Fsp3) is 0.720. The summed E-state index contributed by atoms with van der Waals surface area (Å²) in [7, 11) is 0. The molecule has 0 radical (unpaired) electrons. The third kappa shape index (κ3) is 13.3. The lowest BCUT2D eigenvalue weighted by Crippen LogP contribution is -2.43. The predicted molar refractivity (Wildman–Crippen MR) is 143 cm³/mol. The number of carbonyl (C=O) groups is 1. The van der Waals surface area contributed by atoms with Gasteiger partial charge >= 0.3 is 6.09 Å². The summed E-state index contributed by atoms with van der Waals surface area (Å²) < 4.78 is 11.7. The van der Waals surface area contributed by atoms with Crippen LogP contribution in [-0.2, 0) is 4.74 Å². The lowest BCUT2D eigenvalue weighted by molar-refractivity contribution is 0.0558. The molecular weight excluding hydrogens is 461 g/mol. The van der Waals surface area contributed by atoms with Crippen LogP contribution < -0.4 is 10.1 Å². The van der Waals surface area contributed by atoms with E-state index in [9.17, 15) is 4.79 Å². The molecule has 1 aliphatic heterocycles. The second-order valence-electron chi connectivity index (χ2n) is 8.44. The van der Waals surface area contributed by atoms with E-state index in [1.54, 1.807) is 0 Å². The summed E-state index contributed by atoms with van der Waals surface area (Å²) in [4.78, 5) is 17.5. The van der Waals surface area contributed by atoms with Crippen molar-refractivity contribution in [3.05, 3.63) is 24.3 Å². The molecule has 1 N–H and O–H groups in total. The van der Waals surface area contributed by atoms with Crippen LogP contribution in [-0.4, -0.2) is 67.9 Å². The standard InChI is InChI=1S/C25H43N3O3.2ClH/c1-4-7-12-18-30-23-15-13-14-22(19-23)26-25(29)31-24(20-27(5-2)6-3)21-28-16-10-8-9-11-17-28;;/h13-15,19,24H,4-12,16-18,20-21H2,1-3H3,(H,26,29);2*1H. The molecule has 1 aromatic rings. The van der Waals surface area contributed by atoms with Gasteiger partial charge in [-0.05, 0) is 57.6 Å². The monoisotopic (exact) mass is 505 g/mol. The number of amides is 1. The fourth-order valence-corrected chi connectivity index (χ4v) is 4.01. The summed E-state index contributed by atoms with van der Waals surface area (Å²) in [5.74, 6) is 0.776. The Morgan fingerprint density at radius 2 is 1.76 bits per heavy atom. The zero-order valence-corrected chi connectivity index (χ0v) is 22.4. The van der Waals surface area contributed by atoms with Gasteiger partial charge in [0.15, 0.2) is 0 Å². The van der Waals surface area contributed by atoms with Crippen molar-refractivity contribution in [2.24, 2.45) is 0 Å². The maximum Gasteiger partial charge on any atom is 0.411 e. The van der Waals surface area contributed by atoms with Gasteiger partial charge in [-0.2, -0.15) is 0 Å². The quantitative estimate of drug-likeness (QED) is 0.321. The number of benzene rings is 1. The number of ether oxygens (including phenoxy) is 2. The van der Waals surface area contributed by atoms with E-state index in [4.69, 9.17) is 9.47 Å². The Morgan fingerprint density at radius 1 is 1.06 bits per heavy atom. The maximum absolute atomic E-state index is 12.7. The van der Waals surface area contributed by atoms with Crippen molar-refractivity contribution in [2.45, 2.75) is 71.8 Å². The van der Waals surface area contributed by atoms with E-state index in [0.29, 0.717) is 12.3 Å². The van der Waals surface area contributed by atoms with Crippen molar-refractivity contribution >= 4 is 36.6 Å². The molecule has 1 heterocycles. The van der Waals surface area contributed by atoms with Crippen LogP contribution >= 0.6 is 24.8 Å². The number of hydrogen-bond donors (Lipinski definition) is 1. The molecule has 0 saturated carbocycles. The molecular formula is C25H45Cl2N3O3. The van der Waals surface area contributed by atoms with E-state index in [0.717, 1.165) is 57.9 Å². The van der Waals surface area contributed by atoms with Crippen LogP contribution in [0, 0.1) is 0 Å². The number of carbonyl (C=O) groups excluding carboxylic acids is 1. The van der Waals surface area contributed by atoms with Crippen LogP contribution in [0.3, 0.4) is 0 Å². The summed E-state index contributed by atoms with van der Waals surface area (Å²) in [6, 6.07) is 7.55. The Hall–Kier alpha value is -1.21. The number of likely N-dealkylation sites (N-methyl/N-ethyl adjacent to an activating group) is 1. The molecule has 0 aliphatic carbocycles. The highest BCUT2D eigenvalue weighted by molar-refractivity contribution is 5.86. The molecule has 1 saturated heterocycles. The largest absolute Gasteiger partial charge is 0.494 e. The van der Waals surface area contributed by atoms with E-state index in [1.807, 2.05) is 24.3 Å². The van der Waals surface area contributed by atoms with Gasteiger partial charge in [-0.15, -0.1) is 24.8 Å². The second-order valence-corrected chi connectivity index (χ2v) is 8.44. The number of anilines is 1. The molecule has 1 fully saturated rings. The Labute approximate surface area is 213 Å². The Balaban J connectivity index is 0.00000512. The van der Waals surface area contributed by atoms with Gasteiger partial charge in [-0.3, -0.25) is 10.2 Å². The Morgan fingerprint density at radius 3 is 2.39 bits per heavy atom. The molecule has 1 aliphatic rings. The molecule has 6 nitrogen and oxygen atoms in total. The zero-order valence-electron chi connectivity index (χ0n) is 20.7. The SMILES string of the molecule is CCCCCOc1cccc(NC(=O)OC(CN(CC)CC)CN2CCCCCC2)c1.Cl.Cl. The fourth-order valence-electron chi connectivity index (χ4n) is 4.01. The number of unbranched alkanes of at least 4 members (excludes halogenated alkanes) is 2. The molecule has 8 heteroatoms. The van der Waals surface area contributed by atoms with Crippen molar-refractivity contribution in [1.82, 2.24) is 9.80 Å². The second kappa shape index (κ2) is 19.1. The summed E-state index contributed by atoms with van der Waals surface area (Å²) in [5, 5.41) is 2.90. The summed E-state index contributed by atoms with van der Waals surface area (Å²) in [5.41, 5.74) is 0.703. The van der Waals surface area contributed by atoms with Crippen molar-refractivity contribution in [3.63, 3.8) is 0 Å². The topological polar surface area (TPSA) is 54.0 Å². The van der Waals surface area contributed by atoms with Crippen LogP contribution in [0.25, 0.3) is 0 Å². The number of rotatable bonds is 13. The third-order valence-corrected chi connectivity index (χ3v) is 5.89. The summed E-state index contributed by atoms with van der Waals surface area (Å²) in [6.45, 7) is 12.8. The first kappa shape index (κ1) is 31.8. The van der Waals surface area contributed by atoms with Crippen LogP contribution in [0.4, 0.5) is 10.5 Å². The van der Waals surface area contributed by atoms with E-state index in [2.05, 4.69) is 35.9 Å². The number of halogens is 2. The van der Waals surface area contributed by atoms with Gasteiger partial charge in [0, 0.05) is 24.8 Å². The first-order valence-corrected chi connectivity index (χ1v) is 12.3. The highest BCUT2D eigenvalue weighted by atomic mass is 35.5. The first-order valence-electron chi connectivity index (χ1n) is 12.3. The Bertz CT molecular complexity index is 625. The highest BCUT2D eigenvalue weighted by Gasteiger charge is 2.21. The van der Waals surface area contributed by atoms with Gasteiger partial charge in [0.2, 0.25) is 0 Å². The van der Waals surface area contributed by atoms with Crippen molar-refractivity contribution in [2.75, 3.05) is 51.2 Å². The average molecular weight is 507 g/mol. The van der Waals surface area contributed by atoms with E-state index >= 15 is 0 Å². The lowest BCUT2D eigenvalue weighted by atomic mass is 10.2. The first-order chi connectivity index (χ1) is 15.1. The minimum absolute atomic E-state index is 0. The minimum Gasteiger partial charge on any atom is -0.494 e. The van der Waals surface area contributed by atoms with Gasteiger partial charge in [0.25, 0.3) is 0 Å². The van der Waals surface area contributed by atoms with Crippen LogP contribution in [0.15, 0.2) is 24.3 Å². The molecule has 2 rings (SSSR count). The Kier molecular flexibility index (Phi) is 18.4. The molecule has 192 valence electrons. The molecule has 33 heavy (non-hydrogen) atoms. The molecule has 1 aromatic carbocycles. The maximum atomic E-state index is 12.7. The van der Waals surface area contributed by atoms with Crippen LogP contribution in [0.1, 0.15) is 65.7 Å². The van der Waals surface area contributed by atoms with Crippen LogP contribution in [0.2, 0.25) is 0 Å². The summed E-state index contributed by atoms with van der Waals surface area (Å²) in [6.07, 6.45) is 7.90. The number of nitrogens with zero attached hydrogens (tertiary/aromatic N) is 2. The third-order valence-electron chi connectivity index (χ3n) is 5.89. The summed E-state index contributed by atoms with van der Waals surface area (Å²) >= 11 is 0. The van der Waals surface area contributed by atoms with Crippen molar-refractivity contribution in [3.8, 4) is 5.75 Å². The van der Waals surface area contributed by atoms with Gasteiger partial charge in [-0.1, -0.05) is 52.5 Å². The number of hydrogen-bond acceptors (Lipinski definition) is 5. The van der Waals surface area contributed by atoms with Crippen molar-refractivity contribution < 1.29 is 14.3 Å². The number of nitrogens with one attached hydrogen (secondary N) is 1. The van der Waals surface area contributed by atoms with Crippen LogP contribution in [0.5, 0.6) is 5.75 Å². The van der Waals surface area contributed by atoms with Gasteiger partial charge < -0.3 is 14.4 Å². The zero-order chi connectivity index (χ0) is 22.3. The average Bonchev–Trinajstić information content (AvgIpc) is 3.04. The molecule has 1 unspecified atom stereocenters. The van der Waals surface area contributed by atoms with E-state index in [-0.39, 0.29) is 30.9 Å². The van der Waals surface area contributed by atoms with Crippen molar-refractivity contribution in [1.29, 1.82) is 0 Å². The van der Waals surface area contributed by atoms with E-state index in [1.165, 1.54) is 32.1 Å². The molecule has 1 amide bonds. The predicted octanol–water partition coefficient (Wildman–Crippen LogP) is 6.23. The van der Waals surface area contributed by atoms with Gasteiger partial charge in [0.1, 0.15) is 11.9 Å². The molecule has 0 aromatic heterocycles. The normalized spacial score (nSPS) is 15.0. The minimum atomic E-state index is -0.393. The molecule has 0 spiro atoms. The van der Waals surface area contributed by atoms with Gasteiger partial charge in [0.05, 0.1) is 6.61 Å². The lowest BCUT2D eigenvalue weighted by Gasteiger charge is -2.30. The smallest absolute Gasteiger partial charge is 0.411 e. The molecule has 0 bridgehead atoms. The molecule has 1 atom stereocenters. The highest BCUT2D eigenvalue weighted by Crippen LogP contribution is 2.18. The van der Waals surface area contributed by atoms with Gasteiger partial charge in [-0.25, -0.2) is 4.79 Å².